The summed E-state index contributed by atoms with van der Waals surface area (Å²) in [6.07, 6.45) is -2.12. The van der Waals surface area contributed by atoms with Gasteiger partial charge in [0.2, 0.25) is 0 Å². The second-order valence-electron chi connectivity index (χ2n) is 5.22. The Labute approximate surface area is 113 Å². The largest absolute Gasteiger partial charge is 0.425 e. The molecular weight excluding hydrogens is 271 g/mol. The molecule has 1 saturated heterocycles. The molecule has 102 valence electrons. The van der Waals surface area contributed by atoms with Gasteiger partial charge in [0, 0.05) is 10.2 Å². The summed E-state index contributed by atoms with van der Waals surface area (Å²) >= 11 is 0.809. The summed E-state index contributed by atoms with van der Waals surface area (Å²) < 4.78 is 38.8. The first-order valence-electron chi connectivity index (χ1n) is 6.25. The van der Waals surface area contributed by atoms with E-state index in [1.54, 1.807) is 6.07 Å². The van der Waals surface area contributed by atoms with Gasteiger partial charge in [0.1, 0.15) is 4.88 Å². The van der Waals surface area contributed by atoms with Gasteiger partial charge in [-0.05, 0) is 55.5 Å². The maximum Gasteiger partial charge on any atom is 0.425 e. The number of hydrogen-bond acceptors (Lipinski definition) is 2. The Morgan fingerprint density at radius 3 is 2.68 bits per heavy atom. The predicted octanol–water partition coefficient (Wildman–Crippen LogP) is 4.52. The molecule has 3 rings (SSSR count). The van der Waals surface area contributed by atoms with Crippen LogP contribution in [0.25, 0.3) is 10.1 Å². The lowest BCUT2D eigenvalue weighted by Crippen LogP contribution is -2.32. The van der Waals surface area contributed by atoms with Gasteiger partial charge in [-0.15, -0.1) is 11.3 Å². The molecule has 1 atom stereocenters. The molecule has 1 aliphatic rings. The van der Waals surface area contributed by atoms with E-state index in [0.29, 0.717) is 10.1 Å². The van der Waals surface area contributed by atoms with Crippen LogP contribution in [0.2, 0.25) is 0 Å². The standard InChI is InChI=1S/C14H14F3NS/c1-13(5-2-6-18-13)10-3-4-11-9(7-10)8-12(19-11)14(15,16)17/h3-4,7-8,18H,2,5-6H2,1H3. The van der Waals surface area contributed by atoms with Crippen molar-refractivity contribution >= 4 is 21.4 Å². The molecule has 0 saturated carbocycles. The van der Waals surface area contributed by atoms with Crippen LogP contribution < -0.4 is 5.32 Å². The van der Waals surface area contributed by atoms with E-state index < -0.39 is 11.1 Å². The average Bonchev–Trinajstić information content (AvgIpc) is 2.93. The summed E-state index contributed by atoms with van der Waals surface area (Å²) in [5, 5.41) is 4.12. The van der Waals surface area contributed by atoms with Crippen LogP contribution in [0.4, 0.5) is 13.2 Å². The predicted molar refractivity (Wildman–Crippen MR) is 71.4 cm³/mol. The van der Waals surface area contributed by atoms with Crippen LogP contribution in [-0.2, 0) is 11.7 Å². The fraction of sp³-hybridized carbons (Fsp3) is 0.429. The van der Waals surface area contributed by atoms with Crippen LogP contribution in [0.5, 0.6) is 0 Å². The molecule has 19 heavy (non-hydrogen) atoms. The maximum atomic E-state index is 12.7. The second kappa shape index (κ2) is 4.21. The fourth-order valence-electron chi connectivity index (χ4n) is 2.67. The lowest BCUT2D eigenvalue weighted by Gasteiger charge is -2.25. The van der Waals surface area contributed by atoms with Crippen molar-refractivity contribution in [2.75, 3.05) is 6.54 Å². The molecule has 0 bridgehead atoms. The van der Waals surface area contributed by atoms with Gasteiger partial charge in [0.25, 0.3) is 0 Å². The van der Waals surface area contributed by atoms with Gasteiger partial charge >= 0.3 is 6.18 Å². The lowest BCUT2D eigenvalue weighted by atomic mass is 9.90. The highest BCUT2D eigenvalue weighted by molar-refractivity contribution is 7.19. The normalized spacial score (nSPS) is 24.2. The quantitative estimate of drug-likeness (QED) is 0.812. The van der Waals surface area contributed by atoms with Crippen molar-refractivity contribution in [3.05, 3.63) is 34.7 Å². The molecule has 1 fully saturated rings. The molecule has 1 aromatic carbocycles. The first kappa shape index (κ1) is 12.9. The number of nitrogens with one attached hydrogen (secondary N) is 1. The second-order valence-corrected chi connectivity index (χ2v) is 6.31. The number of rotatable bonds is 1. The zero-order valence-corrected chi connectivity index (χ0v) is 11.3. The molecular formula is C14H14F3NS. The summed E-state index contributed by atoms with van der Waals surface area (Å²) in [6.45, 7) is 3.07. The molecule has 1 aromatic heterocycles. The lowest BCUT2D eigenvalue weighted by molar-refractivity contribution is -0.134. The van der Waals surface area contributed by atoms with E-state index in [9.17, 15) is 13.2 Å². The molecule has 5 heteroatoms. The number of hydrogen-bond donors (Lipinski definition) is 1. The van der Waals surface area contributed by atoms with Gasteiger partial charge < -0.3 is 5.32 Å². The molecule has 1 aliphatic heterocycles. The smallest absolute Gasteiger partial charge is 0.308 e. The highest BCUT2D eigenvalue weighted by Crippen LogP contribution is 2.40. The molecule has 2 aromatic rings. The monoisotopic (exact) mass is 285 g/mol. The van der Waals surface area contributed by atoms with Crippen LogP contribution in [0.1, 0.15) is 30.2 Å². The molecule has 1 nitrogen and oxygen atoms in total. The third-order valence-corrected chi connectivity index (χ3v) is 4.96. The molecule has 0 spiro atoms. The van der Waals surface area contributed by atoms with Crippen molar-refractivity contribution in [1.29, 1.82) is 0 Å². The van der Waals surface area contributed by atoms with Gasteiger partial charge in [-0.1, -0.05) is 6.07 Å². The Morgan fingerprint density at radius 2 is 2.05 bits per heavy atom. The van der Waals surface area contributed by atoms with E-state index in [1.807, 2.05) is 12.1 Å². The first-order chi connectivity index (χ1) is 8.88. The third-order valence-electron chi connectivity index (χ3n) is 3.80. The Morgan fingerprint density at radius 1 is 1.26 bits per heavy atom. The highest BCUT2D eigenvalue weighted by Gasteiger charge is 2.34. The van der Waals surface area contributed by atoms with Gasteiger partial charge in [-0.25, -0.2) is 0 Å². The molecule has 0 aliphatic carbocycles. The summed E-state index contributed by atoms with van der Waals surface area (Å²) in [5.74, 6) is 0. The van der Waals surface area contributed by atoms with E-state index in [1.165, 1.54) is 6.07 Å². The maximum absolute atomic E-state index is 12.7. The average molecular weight is 285 g/mol. The Balaban J connectivity index is 2.06. The summed E-state index contributed by atoms with van der Waals surface area (Å²) in [7, 11) is 0. The van der Waals surface area contributed by atoms with Crippen LogP contribution in [-0.4, -0.2) is 6.54 Å². The summed E-state index contributed by atoms with van der Waals surface area (Å²) in [4.78, 5) is -0.524. The van der Waals surface area contributed by atoms with Gasteiger partial charge in [0.05, 0.1) is 0 Å². The Kier molecular flexibility index (Phi) is 2.87. The third kappa shape index (κ3) is 2.25. The molecule has 0 radical (unpaired) electrons. The molecule has 0 amide bonds. The number of fused-ring (bicyclic) bond motifs is 1. The Hall–Kier alpha value is -1.07. The van der Waals surface area contributed by atoms with Crippen LogP contribution in [0, 0.1) is 0 Å². The number of thiophene rings is 1. The Bertz CT molecular complexity index is 609. The summed E-state index contributed by atoms with van der Waals surface area (Å²) in [5.41, 5.74) is 0.971. The molecule has 2 heterocycles. The fourth-order valence-corrected chi connectivity index (χ4v) is 3.58. The van der Waals surface area contributed by atoms with Gasteiger partial charge in [0.15, 0.2) is 0 Å². The topological polar surface area (TPSA) is 12.0 Å². The number of benzene rings is 1. The van der Waals surface area contributed by atoms with Gasteiger partial charge in [-0.2, -0.15) is 13.2 Å². The zero-order chi connectivity index (χ0) is 13.7. The SMILES string of the molecule is CC1(c2ccc3sc(C(F)(F)F)cc3c2)CCCN1. The minimum atomic E-state index is -4.25. The van der Waals surface area contributed by atoms with Crippen LogP contribution in [0.3, 0.4) is 0 Å². The van der Waals surface area contributed by atoms with Crippen molar-refractivity contribution < 1.29 is 13.2 Å². The van der Waals surface area contributed by atoms with E-state index in [-0.39, 0.29) is 5.54 Å². The first-order valence-corrected chi connectivity index (χ1v) is 7.06. The van der Waals surface area contributed by atoms with E-state index in [2.05, 4.69) is 12.2 Å². The van der Waals surface area contributed by atoms with Crippen molar-refractivity contribution in [3.8, 4) is 0 Å². The van der Waals surface area contributed by atoms with E-state index in [0.717, 1.165) is 36.3 Å². The van der Waals surface area contributed by atoms with Crippen molar-refractivity contribution in [2.45, 2.75) is 31.5 Å². The molecule has 1 unspecified atom stereocenters. The summed E-state index contributed by atoms with van der Waals surface area (Å²) in [6, 6.07) is 6.88. The molecule has 1 N–H and O–H groups in total. The van der Waals surface area contributed by atoms with Crippen molar-refractivity contribution in [2.24, 2.45) is 0 Å². The van der Waals surface area contributed by atoms with Gasteiger partial charge in [-0.3, -0.25) is 0 Å². The van der Waals surface area contributed by atoms with Crippen LogP contribution in [0.15, 0.2) is 24.3 Å². The number of halogens is 3. The van der Waals surface area contributed by atoms with E-state index in [4.69, 9.17) is 0 Å². The van der Waals surface area contributed by atoms with Crippen molar-refractivity contribution in [1.82, 2.24) is 5.32 Å². The number of alkyl halides is 3. The van der Waals surface area contributed by atoms with Crippen molar-refractivity contribution in [3.63, 3.8) is 0 Å². The van der Waals surface area contributed by atoms with Crippen LogP contribution >= 0.6 is 11.3 Å². The van der Waals surface area contributed by atoms with E-state index >= 15 is 0 Å². The minimum Gasteiger partial charge on any atom is -0.308 e. The zero-order valence-electron chi connectivity index (χ0n) is 10.5. The minimum absolute atomic E-state index is 0.103. The highest BCUT2D eigenvalue weighted by atomic mass is 32.1.